The van der Waals surface area contributed by atoms with E-state index in [0.29, 0.717) is 28.6 Å². The van der Waals surface area contributed by atoms with E-state index in [1.807, 2.05) is 20.8 Å². The molecule has 0 saturated carbocycles. The predicted molar refractivity (Wildman–Crippen MR) is 169 cm³/mol. The van der Waals surface area contributed by atoms with Gasteiger partial charge in [0.15, 0.2) is 5.82 Å². The Morgan fingerprint density at radius 3 is 2.70 bits per heavy atom. The maximum Gasteiger partial charge on any atom is 0.221 e. The van der Waals surface area contributed by atoms with Crippen molar-refractivity contribution in [2.75, 3.05) is 29.9 Å². The number of ether oxygens (including phenoxy) is 1. The van der Waals surface area contributed by atoms with E-state index >= 15 is 0 Å². The number of carbonyl (C=O) groups is 1. The first-order valence-electron chi connectivity index (χ1n) is 14.5. The highest BCUT2D eigenvalue weighted by molar-refractivity contribution is 7.90. The summed E-state index contributed by atoms with van der Waals surface area (Å²) >= 11 is -1.19. The van der Waals surface area contributed by atoms with Gasteiger partial charge in [0.05, 0.1) is 18.8 Å². The zero-order valence-corrected chi connectivity index (χ0v) is 26.0. The molecule has 3 N–H and O–H groups in total. The van der Waals surface area contributed by atoms with E-state index in [-0.39, 0.29) is 35.3 Å². The second kappa shape index (κ2) is 12.9. The maximum atomic E-state index is 13.2. The molecular weight excluding hydrogens is 562 g/mol. The minimum atomic E-state index is -1.19. The SMILES string of the molecule is CC(=O)Nc1cccc(OCC#Cc2cnc(N3CCC4(CC3)Cc3ccccc3C4N[S+]([O-])C(C)(C)C)c(CO)n2)c1. The first-order valence-corrected chi connectivity index (χ1v) is 15.7. The van der Waals surface area contributed by atoms with E-state index in [1.165, 1.54) is 18.1 Å². The summed E-state index contributed by atoms with van der Waals surface area (Å²) in [5.41, 5.74) is 4.13. The van der Waals surface area contributed by atoms with Gasteiger partial charge in [0.25, 0.3) is 0 Å². The average Bonchev–Trinajstić information content (AvgIpc) is 3.27. The topological polar surface area (TPSA) is 123 Å². The van der Waals surface area contributed by atoms with Gasteiger partial charge in [-0.25, -0.2) is 9.97 Å². The van der Waals surface area contributed by atoms with Crippen molar-refractivity contribution in [3.8, 4) is 17.6 Å². The lowest BCUT2D eigenvalue weighted by Gasteiger charge is -2.44. The minimum Gasteiger partial charge on any atom is -0.598 e. The lowest BCUT2D eigenvalue weighted by atomic mass is 9.73. The first kappa shape index (κ1) is 30.8. The van der Waals surface area contributed by atoms with Gasteiger partial charge in [-0.3, -0.25) is 4.79 Å². The number of carbonyl (C=O) groups excluding carboxylic acids is 1. The number of fused-ring (bicyclic) bond motifs is 1. The molecule has 2 unspecified atom stereocenters. The molecule has 3 aromatic rings. The number of hydrogen-bond acceptors (Lipinski definition) is 8. The predicted octanol–water partition coefficient (Wildman–Crippen LogP) is 4.29. The number of aliphatic hydroxyl groups is 1. The molecule has 1 spiro atoms. The number of piperidine rings is 1. The summed E-state index contributed by atoms with van der Waals surface area (Å²) in [4.78, 5) is 22.7. The highest BCUT2D eigenvalue weighted by Crippen LogP contribution is 2.53. The van der Waals surface area contributed by atoms with E-state index < -0.39 is 11.4 Å². The van der Waals surface area contributed by atoms with Crippen LogP contribution >= 0.6 is 0 Å². The van der Waals surface area contributed by atoms with Crippen LogP contribution in [-0.4, -0.2) is 50.0 Å². The van der Waals surface area contributed by atoms with Crippen LogP contribution in [0.1, 0.15) is 69.1 Å². The summed E-state index contributed by atoms with van der Waals surface area (Å²) in [6, 6.07) is 15.6. The van der Waals surface area contributed by atoms with E-state index in [9.17, 15) is 14.5 Å². The Morgan fingerprint density at radius 2 is 1.98 bits per heavy atom. The van der Waals surface area contributed by atoms with Crippen LogP contribution in [0.5, 0.6) is 5.75 Å². The number of aliphatic hydroxyl groups excluding tert-OH is 1. The van der Waals surface area contributed by atoms with Crippen molar-refractivity contribution in [2.24, 2.45) is 5.41 Å². The van der Waals surface area contributed by atoms with Gasteiger partial charge in [-0.05, 0) is 69.2 Å². The van der Waals surface area contributed by atoms with Gasteiger partial charge in [0.2, 0.25) is 5.91 Å². The van der Waals surface area contributed by atoms with Crippen LogP contribution < -0.4 is 19.7 Å². The summed E-state index contributed by atoms with van der Waals surface area (Å²) < 4.78 is 22.0. The molecule has 2 aliphatic rings. The zero-order valence-electron chi connectivity index (χ0n) is 25.1. The van der Waals surface area contributed by atoms with E-state index in [2.05, 4.69) is 61.0 Å². The van der Waals surface area contributed by atoms with Gasteiger partial charge in [0.1, 0.15) is 28.5 Å². The third-order valence-corrected chi connectivity index (χ3v) is 9.58. The number of rotatable bonds is 7. The number of aromatic nitrogens is 2. The highest BCUT2D eigenvalue weighted by Gasteiger charge is 2.50. The Bertz CT molecular complexity index is 1520. The molecule has 226 valence electrons. The molecule has 1 aliphatic heterocycles. The van der Waals surface area contributed by atoms with Crippen LogP contribution in [0.15, 0.2) is 54.7 Å². The van der Waals surface area contributed by atoms with Crippen molar-refractivity contribution in [2.45, 2.75) is 64.4 Å². The van der Waals surface area contributed by atoms with E-state index in [1.54, 1.807) is 30.5 Å². The van der Waals surface area contributed by atoms with Crippen molar-refractivity contribution in [1.29, 1.82) is 0 Å². The Kier molecular flexibility index (Phi) is 9.28. The molecule has 5 rings (SSSR count). The first-order chi connectivity index (χ1) is 20.6. The smallest absolute Gasteiger partial charge is 0.221 e. The van der Waals surface area contributed by atoms with E-state index in [0.717, 1.165) is 32.4 Å². The molecule has 1 amide bonds. The second-order valence-electron chi connectivity index (χ2n) is 12.1. The van der Waals surface area contributed by atoms with Gasteiger partial charge >= 0.3 is 0 Å². The molecule has 0 bridgehead atoms. The molecular formula is C33H39N5O4S. The third kappa shape index (κ3) is 7.13. The summed E-state index contributed by atoms with van der Waals surface area (Å²) in [6.07, 6.45) is 4.37. The van der Waals surface area contributed by atoms with Crippen molar-refractivity contribution >= 4 is 28.8 Å². The van der Waals surface area contributed by atoms with Gasteiger partial charge in [-0.15, -0.1) is 4.72 Å². The number of nitrogens with one attached hydrogen (secondary N) is 2. The summed E-state index contributed by atoms with van der Waals surface area (Å²) in [5, 5.41) is 12.9. The maximum absolute atomic E-state index is 13.2. The fourth-order valence-electron chi connectivity index (χ4n) is 5.85. The van der Waals surface area contributed by atoms with E-state index in [4.69, 9.17) is 4.74 Å². The van der Waals surface area contributed by atoms with Gasteiger partial charge in [-0.1, -0.05) is 36.3 Å². The molecule has 2 atom stereocenters. The minimum absolute atomic E-state index is 0.0158. The molecule has 2 aromatic carbocycles. The van der Waals surface area contributed by atoms with Crippen LogP contribution in [0.3, 0.4) is 0 Å². The highest BCUT2D eigenvalue weighted by atomic mass is 32.2. The third-order valence-electron chi connectivity index (χ3n) is 8.02. The fourth-order valence-corrected chi connectivity index (χ4v) is 6.80. The molecule has 9 nitrogen and oxygen atoms in total. The zero-order chi connectivity index (χ0) is 30.6. The Hall–Kier alpha value is -3.62. The van der Waals surface area contributed by atoms with Gasteiger partial charge < -0.3 is 24.6 Å². The second-order valence-corrected chi connectivity index (χ2v) is 14.1. The largest absolute Gasteiger partial charge is 0.598 e. The number of anilines is 2. The Balaban J connectivity index is 1.24. The Labute approximate surface area is 256 Å². The summed E-state index contributed by atoms with van der Waals surface area (Å²) in [6.45, 7) is 8.84. The van der Waals surface area contributed by atoms with Crippen LogP contribution in [0, 0.1) is 17.3 Å². The van der Waals surface area contributed by atoms with Crippen molar-refractivity contribution in [3.05, 3.63) is 77.2 Å². The number of benzene rings is 2. The number of amides is 1. The quantitative estimate of drug-likeness (QED) is 0.271. The van der Waals surface area contributed by atoms with Crippen LogP contribution in [0.2, 0.25) is 0 Å². The lowest BCUT2D eigenvalue weighted by Crippen LogP contribution is -2.50. The lowest BCUT2D eigenvalue weighted by molar-refractivity contribution is -0.114. The molecule has 1 fully saturated rings. The standard InChI is InChI=1S/C33H39N5O4S/c1-23(40)35-25-10-7-12-27(19-25)42-18-8-11-26-21-34-31(29(22-39)36-26)38-16-14-33(15-17-38)20-24-9-5-6-13-28(24)30(33)37-43(41)32(2,3)4/h5-7,9-10,12-13,19,21,30,37,39H,14-18,20,22H2,1-4H3,(H,35,40). The monoisotopic (exact) mass is 601 g/mol. The van der Waals surface area contributed by atoms with Gasteiger partial charge in [0, 0.05) is 48.5 Å². The molecule has 1 aromatic heterocycles. The molecule has 2 heterocycles. The molecule has 0 radical (unpaired) electrons. The van der Waals surface area contributed by atoms with Crippen LogP contribution in [0.4, 0.5) is 11.5 Å². The van der Waals surface area contributed by atoms with Crippen LogP contribution in [0.25, 0.3) is 0 Å². The number of nitrogens with zero attached hydrogens (tertiary/aromatic N) is 3. The number of hydrogen-bond donors (Lipinski definition) is 3. The van der Waals surface area contributed by atoms with Crippen molar-refractivity contribution in [3.63, 3.8) is 0 Å². The Morgan fingerprint density at radius 1 is 1.21 bits per heavy atom. The van der Waals surface area contributed by atoms with Gasteiger partial charge in [-0.2, -0.15) is 0 Å². The van der Waals surface area contributed by atoms with Crippen molar-refractivity contribution in [1.82, 2.24) is 14.7 Å². The van der Waals surface area contributed by atoms with Crippen LogP contribution in [-0.2, 0) is 29.2 Å². The summed E-state index contributed by atoms with van der Waals surface area (Å²) in [7, 11) is 0. The van der Waals surface area contributed by atoms with Crippen molar-refractivity contribution < 1.29 is 19.2 Å². The summed E-state index contributed by atoms with van der Waals surface area (Å²) in [5.74, 6) is 7.02. The molecule has 1 saturated heterocycles. The molecule has 1 aliphatic carbocycles. The average molecular weight is 602 g/mol. The molecule has 43 heavy (non-hydrogen) atoms. The fraction of sp³-hybridized carbons (Fsp3) is 0.424. The normalized spacial score (nSPS) is 18.0. The molecule has 10 heteroatoms.